The van der Waals surface area contributed by atoms with E-state index in [1.165, 1.54) is 0 Å². The summed E-state index contributed by atoms with van der Waals surface area (Å²) >= 11 is 0. The fourth-order valence-electron chi connectivity index (χ4n) is 1.11. The Hall–Kier alpha value is -1.60. The van der Waals surface area contributed by atoms with Crippen molar-refractivity contribution in [2.75, 3.05) is 0 Å². The average molecular weight is 249 g/mol. The SMILES string of the molecule is CC(C)(C)S(=O)(=O)C=C(C#N)c1ccccc1. The van der Waals surface area contributed by atoms with Crippen LogP contribution >= 0.6 is 0 Å². The Morgan fingerprint density at radius 1 is 1.24 bits per heavy atom. The Kier molecular flexibility index (Phi) is 3.74. The van der Waals surface area contributed by atoms with Gasteiger partial charge in [-0.15, -0.1) is 0 Å². The molecule has 0 bridgehead atoms. The van der Waals surface area contributed by atoms with E-state index in [0.29, 0.717) is 5.56 Å². The van der Waals surface area contributed by atoms with Gasteiger partial charge in [0.2, 0.25) is 0 Å². The first kappa shape index (κ1) is 13.5. The zero-order chi connectivity index (χ0) is 13.1. The van der Waals surface area contributed by atoms with Gasteiger partial charge in [-0.2, -0.15) is 5.26 Å². The van der Waals surface area contributed by atoms with Crippen LogP contribution in [0.25, 0.3) is 5.57 Å². The van der Waals surface area contributed by atoms with E-state index in [4.69, 9.17) is 5.26 Å². The smallest absolute Gasteiger partial charge is 0.177 e. The van der Waals surface area contributed by atoms with Crippen molar-refractivity contribution in [3.05, 3.63) is 41.3 Å². The topological polar surface area (TPSA) is 57.9 Å². The molecule has 0 aliphatic heterocycles. The molecule has 0 saturated heterocycles. The second-order valence-electron chi connectivity index (χ2n) is 4.67. The van der Waals surface area contributed by atoms with Crippen molar-refractivity contribution in [1.29, 1.82) is 5.26 Å². The van der Waals surface area contributed by atoms with Gasteiger partial charge in [-0.25, -0.2) is 8.42 Å². The van der Waals surface area contributed by atoms with E-state index in [0.717, 1.165) is 5.41 Å². The van der Waals surface area contributed by atoms with Gasteiger partial charge in [-0.05, 0) is 26.3 Å². The standard InChI is InChI=1S/C13H15NO2S/c1-13(2,3)17(15,16)10-12(9-14)11-7-5-4-6-8-11/h4-8,10H,1-3H3. The van der Waals surface area contributed by atoms with Crippen LogP contribution in [0.3, 0.4) is 0 Å². The van der Waals surface area contributed by atoms with Crippen LogP contribution in [0.4, 0.5) is 0 Å². The molecule has 0 N–H and O–H groups in total. The Bertz CT molecular complexity index is 558. The Morgan fingerprint density at radius 3 is 2.18 bits per heavy atom. The number of allylic oxidation sites excluding steroid dienone is 1. The summed E-state index contributed by atoms with van der Waals surface area (Å²) in [5.41, 5.74) is 0.781. The van der Waals surface area contributed by atoms with Crippen LogP contribution in [-0.2, 0) is 9.84 Å². The van der Waals surface area contributed by atoms with Crippen LogP contribution in [-0.4, -0.2) is 13.2 Å². The molecular weight excluding hydrogens is 234 g/mol. The average Bonchev–Trinajstić information content (AvgIpc) is 2.25. The second-order valence-corrected chi connectivity index (χ2v) is 7.22. The summed E-state index contributed by atoms with van der Waals surface area (Å²) in [4.78, 5) is 0. The molecule has 17 heavy (non-hydrogen) atoms. The van der Waals surface area contributed by atoms with Gasteiger partial charge < -0.3 is 0 Å². The minimum absolute atomic E-state index is 0.167. The summed E-state index contributed by atoms with van der Waals surface area (Å²) in [6, 6.07) is 10.7. The highest BCUT2D eigenvalue weighted by Gasteiger charge is 2.27. The molecule has 1 aromatic carbocycles. The molecule has 0 spiro atoms. The van der Waals surface area contributed by atoms with Crippen LogP contribution in [0.5, 0.6) is 0 Å². The summed E-state index contributed by atoms with van der Waals surface area (Å²) in [5.74, 6) is 0. The number of rotatable bonds is 2. The van der Waals surface area contributed by atoms with E-state index in [2.05, 4.69) is 0 Å². The lowest BCUT2D eigenvalue weighted by molar-refractivity contribution is 0.570. The number of hydrogen-bond acceptors (Lipinski definition) is 3. The molecule has 4 heteroatoms. The van der Waals surface area contributed by atoms with Gasteiger partial charge >= 0.3 is 0 Å². The molecule has 0 heterocycles. The summed E-state index contributed by atoms with van der Waals surface area (Å²) in [5, 5.41) is 10.1. The number of nitrogens with zero attached hydrogens (tertiary/aromatic N) is 1. The van der Waals surface area contributed by atoms with E-state index in [1.807, 2.05) is 12.1 Å². The fourth-order valence-corrected chi connectivity index (χ4v) is 1.96. The van der Waals surface area contributed by atoms with E-state index in [9.17, 15) is 8.42 Å². The third-order valence-electron chi connectivity index (χ3n) is 2.33. The van der Waals surface area contributed by atoms with Crippen LogP contribution in [0.15, 0.2) is 35.7 Å². The van der Waals surface area contributed by atoms with Crippen LogP contribution in [0, 0.1) is 11.3 Å². The maximum absolute atomic E-state index is 12.0. The number of nitriles is 1. The van der Waals surface area contributed by atoms with Gasteiger partial charge in [0, 0.05) is 5.41 Å². The van der Waals surface area contributed by atoms with Crippen molar-refractivity contribution in [2.45, 2.75) is 25.5 Å². The molecule has 0 radical (unpaired) electrons. The summed E-state index contributed by atoms with van der Waals surface area (Å²) in [6.45, 7) is 4.83. The predicted octanol–water partition coefficient (Wildman–Crippen LogP) is 2.76. The molecule has 1 aromatic rings. The first-order chi connectivity index (χ1) is 7.78. The van der Waals surface area contributed by atoms with Crippen molar-refractivity contribution >= 4 is 15.4 Å². The van der Waals surface area contributed by atoms with Gasteiger partial charge in [0.1, 0.15) is 6.07 Å². The molecule has 90 valence electrons. The van der Waals surface area contributed by atoms with Crippen molar-refractivity contribution < 1.29 is 8.42 Å². The van der Waals surface area contributed by atoms with E-state index >= 15 is 0 Å². The number of hydrogen-bond donors (Lipinski definition) is 0. The Morgan fingerprint density at radius 2 is 1.76 bits per heavy atom. The van der Waals surface area contributed by atoms with Gasteiger partial charge in [0.25, 0.3) is 0 Å². The molecule has 3 nitrogen and oxygen atoms in total. The van der Waals surface area contributed by atoms with Gasteiger partial charge in [-0.1, -0.05) is 30.3 Å². The molecule has 0 aliphatic carbocycles. The first-order valence-electron chi connectivity index (χ1n) is 5.20. The molecule has 0 saturated carbocycles. The van der Waals surface area contributed by atoms with Gasteiger partial charge in [0.05, 0.1) is 10.3 Å². The predicted molar refractivity (Wildman–Crippen MR) is 68.7 cm³/mol. The van der Waals surface area contributed by atoms with Crippen molar-refractivity contribution in [3.8, 4) is 6.07 Å². The minimum atomic E-state index is -3.44. The van der Waals surface area contributed by atoms with Crippen molar-refractivity contribution in [3.63, 3.8) is 0 Å². The third-order valence-corrected chi connectivity index (χ3v) is 4.58. The Balaban J connectivity index is 3.29. The molecular formula is C13H15NO2S. The van der Waals surface area contributed by atoms with E-state index in [1.54, 1.807) is 45.0 Å². The van der Waals surface area contributed by atoms with Gasteiger partial charge in [0.15, 0.2) is 9.84 Å². The lowest BCUT2D eigenvalue weighted by Gasteiger charge is -2.16. The lowest BCUT2D eigenvalue weighted by atomic mass is 10.1. The van der Waals surface area contributed by atoms with Crippen molar-refractivity contribution in [1.82, 2.24) is 0 Å². The maximum Gasteiger partial charge on any atom is 0.177 e. The molecule has 0 amide bonds. The second kappa shape index (κ2) is 4.72. The maximum atomic E-state index is 12.0. The Labute approximate surface area is 102 Å². The normalized spacial score (nSPS) is 13.2. The fraction of sp³-hybridized carbons (Fsp3) is 0.308. The quantitative estimate of drug-likeness (QED) is 0.757. The van der Waals surface area contributed by atoms with Crippen LogP contribution in [0.2, 0.25) is 0 Å². The molecule has 0 atom stereocenters. The largest absolute Gasteiger partial charge is 0.224 e. The lowest BCUT2D eigenvalue weighted by Crippen LogP contribution is -2.25. The summed E-state index contributed by atoms with van der Waals surface area (Å²) in [7, 11) is -3.44. The zero-order valence-corrected chi connectivity index (χ0v) is 11.0. The highest BCUT2D eigenvalue weighted by atomic mass is 32.2. The molecule has 1 rings (SSSR count). The monoisotopic (exact) mass is 249 g/mol. The number of sulfone groups is 1. The van der Waals surface area contributed by atoms with E-state index < -0.39 is 14.6 Å². The third kappa shape index (κ3) is 3.18. The first-order valence-corrected chi connectivity index (χ1v) is 6.74. The van der Waals surface area contributed by atoms with Crippen molar-refractivity contribution in [2.24, 2.45) is 0 Å². The molecule has 0 fully saturated rings. The van der Waals surface area contributed by atoms with Crippen LogP contribution in [0.1, 0.15) is 26.3 Å². The summed E-state index contributed by atoms with van der Waals surface area (Å²) in [6.07, 6.45) is 0. The highest BCUT2D eigenvalue weighted by molar-refractivity contribution is 7.95. The number of benzene rings is 1. The molecule has 0 aliphatic rings. The highest BCUT2D eigenvalue weighted by Crippen LogP contribution is 2.22. The molecule has 0 aromatic heterocycles. The van der Waals surface area contributed by atoms with E-state index in [-0.39, 0.29) is 5.57 Å². The molecule has 0 unspecified atom stereocenters. The van der Waals surface area contributed by atoms with Crippen LogP contribution < -0.4 is 0 Å². The minimum Gasteiger partial charge on any atom is -0.224 e. The summed E-state index contributed by atoms with van der Waals surface area (Å²) < 4.78 is 23.0. The zero-order valence-electron chi connectivity index (χ0n) is 10.1. The van der Waals surface area contributed by atoms with Gasteiger partial charge in [-0.3, -0.25) is 0 Å².